The van der Waals surface area contributed by atoms with Crippen LogP contribution in [0.25, 0.3) is 0 Å². The zero-order valence-electron chi connectivity index (χ0n) is 19.0. The molecule has 0 aromatic rings. The third-order valence-corrected chi connectivity index (χ3v) is 7.66. The Morgan fingerprint density at radius 3 is 2.23 bits per heavy atom. The summed E-state index contributed by atoms with van der Waals surface area (Å²) in [5, 5.41) is 15.5. The number of hydrogen-bond donors (Lipinski definition) is 5. The molecule has 0 bridgehead atoms. The first kappa shape index (κ1) is 27.1. The summed E-state index contributed by atoms with van der Waals surface area (Å²) in [6.45, 7) is 7.41. The Hall–Kier alpha value is -0.950. The van der Waals surface area contributed by atoms with Crippen LogP contribution in [0.2, 0.25) is 0 Å². The van der Waals surface area contributed by atoms with Gasteiger partial charge in [-0.3, -0.25) is 14.2 Å². The van der Waals surface area contributed by atoms with E-state index in [1.807, 2.05) is 13.8 Å². The molecule has 0 aromatic heterocycles. The lowest BCUT2D eigenvalue weighted by atomic mass is 9.91. The molecule has 0 aliphatic heterocycles. The van der Waals surface area contributed by atoms with Gasteiger partial charge in [0.05, 0.1) is 18.3 Å². The van der Waals surface area contributed by atoms with Crippen molar-refractivity contribution in [3.05, 3.63) is 0 Å². The molecule has 2 amide bonds. The standard InChI is InChI=1S/C21H42N3O5P/c1-14(2)10-18(22)20(26)24-19(15(3)4)21(27)23-11-17(25)13-30(28,29)12-16-8-6-5-7-9-16/h14-19,25H,5-13,22H2,1-4H3,(H,23,27)(H,24,26)(H,28,29)/t17-,18+,19+/m1/s1. The molecule has 8 nitrogen and oxygen atoms in total. The molecule has 30 heavy (non-hydrogen) atoms. The van der Waals surface area contributed by atoms with Crippen molar-refractivity contribution in [3.63, 3.8) is 0 Å². The zero-order chi connectivity index (χ0) is 22.9. The van der Waals surface area contributed by atoms with Crippen molar-refractivity contribution in [2.75, 3.05) is 18.9 Å². The minimum Gasteiger partial charge on any atom is -0.391 e. The number of hydrogen-bond acceptors (Lipinski definition) is 5. The van der Waals surface area contributed by atoms with Gasteiger partial charge in [-0.2, -0.15) is 0 Å². The molecule has 6 N–H and O–H groups in total. The molecular weight excluding hydrogens is 405 g/mol. The molecule has 1 fully saturated rings. The van der Waals surface area contributed by atoms with Crippen LogP contribution >= 0.6 is 7.37 Å². The van der Waals surface area contributed by atoms with E-state index in [0.29, 0.717) is 6.42 Å². The highest BCUT2D eigenvalue weighted by Gasteiger charge is 2.30. The zero-order valence-corrected chi connectivity index (χ0v) is 19.9. The molecule has 0 spiro atoms. The van der Waals surface area contributed by atoms with Gasteiger partial charge in [0.25, 0.3) is 0 Å². The summed E-state index contributed by atoms with van der Waals surface area (Å²) in [6.07, 6.45) is 4.69. The van der Waals surface area contributed by atoms with Crippen molar-refractivity contribution in [2.45, 2.75) is 84.4 Å². The Morgan fingerprint density at radius 2 is 1.70 bits per heavy atom. The maximum Gasteiger partial charge on any atom is 0.242 e. The monoisotopic (exact) mass is 447 g/mol. The lowest BCUT2D eigenvalue weighted by Gasteiger charge is -2.26. The van der Waals surface area contributed by atoms with Gasteiger partial charge in [-0.05, 0) is 37.0 Å². The second-order valence-corrected chi connectivity index (χ2v) is 12.0. The fourth-order valence-electron chi connectivity index (χ4n) is 3.98. The molecule has 1 aliphatic rings. The van der Waals surface area contributed by atoms with Gasteiger partial charge in [0.2, 0.25) is 19.2 Å². The predicted octanol–water partition coefficient (Wildman–Crippen LogP) is 1.83. The van der Waals surface area contributed by atoms with Crippen molar-refractivity contribution < 1.29 is 24.2 Å². The number of amides is 2. The van der Waals surface area contributed by atoms with Gasteiger partial charge in [-0.25, -0.2) is 0 Å². The van der Waals surface area contributed by atoms with Crippen LogP contribution in [-0.4, -0.2) is 58.9 Å². The van der Waals surface area contributed by atoms with Crippen LogP contribution < -0.4 is 16.4 Å². The molecule has 0 aromatic carbocycles. The minimum atomic E-state index is -3.46. The van der Waals surface area contributed by atoms with E-state index < -0.39 is 31.5 Å². The molecular formula is C21H42N3O5P. The highest BCUT2D eigenvalue weighted by Crippen LogP contribution is 2.45. The molecule has 1 rings (SSSR count). The van der Waals surface area contributed by atoms with Crippen LogP contribution in [-0.2, 0) is 14.2 Å². The third-order valence-electron chi connectivity index (χ3n) is 5.59. The Kier molecular flexibility index (Phi) is 11.6. The van der Waals surface area contributed by atoms with Crippen molar-refractivity contribution in [1.29, 1.82) is 0 Å². The molecule has 1 unspecified atom stereocenters. The highest BCUT2D eigenvalue weighted by atomic mass is 31.2. The van der Waals surface area contributed by atoms with Gasteiger partial charge in [0, 0.05) is 12.7 Å². The fraction of sp³-hybridized carbons (Fsp3) is 0.905. The van der Waals surface area contributed by atoms with Crippen LogP contribution in [0.1, 0.15) is 66.2 Å². The van der Waals surface area contributed by atoms with Crippen LogP contribution in [0.5, 0.6) is 0 Å². The fourth-order valence-corrected chi connectivity index (χ4v) is 6.09. The van der Waals surface area contributed by atoms with E-state index in [1.165, 1.54) is 6.42 Å². The van der Waals surface area contributed by atoms with E-state index in [9.17, 15) is 24.2 Å². The van der Waals surface area contributed by atoms with Gasteiger partial charge in [0.15, 0.2) is 0 Å². The van der Waals surface area contributed by atoms with Gasteiger partial charge in [0.1, 0.15) is 6.04 Å². The summed E-state index contributed by atoms with van der Waals surface area (Å²) >= 11 is 0. The van der Waals surface area contributed by atoms with Crippen molar-refractivity contribution >= 4 is 19.2 Å². The smallest absolute Gasteiger partial charge is 0.242 e. The first-order valence-corrected chi connectivity index (χ1v) is 13.3. The SMILES string of the molecule is CC(C)C[C@H](N)C(=O)N[C@H](C(=O)NC[C@@H](O)CP(=O)(O)CC1CCCCC1)C(C)C. The molecule has 1 saturated carbocycles. The van der Waals surface area contributed by atoms with Crippen molar-refractivity contribution in [1.82, 2.24) is 10.6 Å². The lowest BCUT2D eigenvalue weighted by molar-refractivity contribution is -0.131. The van der Waals surface area contributed by atoms with Crippen LogP contribution in [0.4, 0.5) is 0 Å². The summed E-state index contributed by atoms with van der Waals surface area (Å²) in [6, 6.07) is -1.48. The largest absolute Gasteiger partial charge is 0.391 e. The average molecular weight is 448 g/mol. The number of aliphatic hydroxyl groups is 1. The van der Waals surface area contributed by atoms with E-state index in [1.54, 1.807) is 13.8 Å². The van der Waals surface area contributed by atoms with E-state index in [2.05, 4.69) is 10.6 Å². The number of nitrogens with two attached hydrogens (primary N) is 1. The Bertz CT molecular complexity index is 593. The first-order chi connectivity index (χ1) is 13.9. The van der Waals surface area contributed by atoms with Gasteiger partial charge < -0.3 is 26.4 Å². The summed E-state index contributed by atoms with van der Waals surface area (Å²) in [5.74, 6) is -0.491. The number of aliphatic hydroxyl groups excluding tert-OH is 1. The van der Waals surface area contributed by atoms with E-state index in [-0.39, 0.29) is 42.5 Å². The minimum absolute atomic E-state index is 0.134. The third kappa shape index (κ3) is 10.4. The molecule has 4 atom stereocenters. The average Bonchev–Trinajstić information content (AvgIpc) is 2.63. The molecule has 0 heterocycles. The van der Waals surface area contributed by atoms with Crippen LogP contribution in [0.3, 0.4) is 0 Å². The molecule has 0 saturated heterocycles. The topological polar surface area (TPSA) is 142 Å². The molecule has 176 valence electrons. The maximum atomic E-state index is 12.5. The van der Waals surface area contributed by atoms with E-state index >= 15 is 0 Å². The van der Waals surface area contributed by atoms with Gasteiger partial charge in [-0.15, -0.1) is 0 Å². The van der Waals surface area contributed by atoms with E-state index in [4.69, 9.17) is 5.73 Å². The normalized spacial score (nSPS) is 20.4. The molecule has 1 aliphatic carbocycles. The summed E-state index contributed by atoms with van der Waals surface area (Å²) in [7, 11) is -3.46. The predicted molar refractivity (Wildman–Crippen MR) is 119 cm³/mol. The van der Waals surface area contributed by atoms with Crippen LogP contribution in [0, 0.1) is 17.8 Å². The Balaban J connectivity index is 2.51. The molecule has 9 heteroatoms. The number of carbonyl (C=O) groups is 2. The maximum absolute atomic E-state index is 12.5. The second kappa shape index (κ2) is 12.8. The summed E-state index contributed by atoms with van der Waals surface area (Å²) < 4.78 is 12.5. The lowest BCUT2D eigenvalue weighted by Crippen LogP contribution is -2.54. The quantitative estimate of drug-likeness (QED) is 0.289. The number of carbonyl (C=O) groups excluding carboxylic acids is 2. The van der Waals surface area contributed by atoms with Gasteiger partial charge >= 0.3 is 0 Å². The second-order valence-electron chi connectivity index (χ2n) is 9.58. The van der Waals surface area contributed by atoms with Crippen LogP contribution in [0.15, 0.2) is 0 Å². The highest BCUT2D eigenvalue weighted by molar-refractivity contribution is 7.58. The number of nitrogens with one attached hydrogen (secondary N) is 2. The Morgan fingerprint density at radius 1 is 1.10 bits per heavy atom. The van der Waals surface area contributed by atoms with Gasteiger partial charge in [-0.1, -0.05) is 47.0 Å². The van der Waals surface area contributed by atoms with Crippen molar-refractivity contribution in [2.24, 2.45) is 23.5 Å². The van der Waals surface area contributed by atoms with E-state index in [0.717, 1.165) is 25.7 Å². The summed E-state index contributed by atoms with van der Waals surface area (Å²) in [5.41, 5.74) is 5.89. The first-order valence-electron chi connectivity index (χ1n) is 11.2. The number of rotatable bonds is 12. The summed E-state index contributed by atoms with van der Waals surface area (Å²) in [4.78, 5) is 35.1. The van der Waals surface area contributed by atoms with Crippen molar-refractivity contribution in [3.8, 4) is 0 Å². The molecule has 0 radical (unpaired) electrons. The Labute approximate surface area is 181 Å².